The number of benzene rings is 3. The molecule has 0 unspecified atom stereocenters. The molecule has 0 heterocycles. The number of hydrogen-bond acceptors (Lipinski definition) is 5. The van der Waals surface area contributed by atoms with Crippen molar-refractivity contribution in [3.8, 4) is 17.6 Å². The van der Waals surface area contributed by atoms with Crippen LogP contribution < -0.4 is 20.1 Å². The highest BCUT2D eigenvalue weighted by Crippen LogP contribution is 2.28. The maximum Gasteiger partial charge on any atom is 0.266 e. The van der Waals surface area contributed by atoms with Crippen LogP contribution in [0.25, 0.3) is 6.08 Å². The van der Waals surface area contributed by atoms with Crippen LogP contribution in [0.15, 0.2) is 76.8 Å². The maximum absolute atomic E-state index is 13.0. The highest BCUT2D eigenvalue weighted by Gasteiger charge is 2.12. The second kappa shape index (κ2) is 11.6. The van der Waals surface area contributed by atoms with Crippen LogP contribution in [-0.4, -0.2) is 25.5 Å². The molecule has 3 rings (SSSR count). The van der Waals surface area contributed by atoms with Gasteiger partial charge < -0.3 is 20.1 Å². The van der Waals surface area contributed by atoms with Crippen molar-refractivity contribution in [1.82, 2.24) is 0 Å². The van der Waals surface area contributed by atoms with Crippen molar-refractivity contribution in [2.45, 2.75) is 0 Å². The van der Waals surface area contributed by atoms with Crippen molar-refractivity contribution in [3.05, 3.63) is 88.2 Å². The molecule has 0 radical (unpaired) electrons. The molecule has 0 aliphatic rings. The van der Waals surface area contributed by atoms with Gasteiger partial charge in [0.25, 0.3) is 11.8 Å². The number of nitriles is 1. The number of carbonyl (C=O) groups is 2. The molecular weight excluding hydrogens is 505 g/mol. The number of anilines is 2. The van der Waals surface area contributed by atoms with Crippen LogP contribution in [-0.2, 0) is 9.59 Å². The molecular formula is C25H19BrFN3O4. The minimum atomic E-state index is -0.626. The van der Waals surface area contributed by atoms with Gasteiger partial charge >= 0.3 is 0 Å². The summed E-state index contributed by atoms with van der Waals surface area (Å²) in [6.07, 6.45) is 1.40. The van der Waals surface area contributed by atoms with E-state index < -0.39 is 11.7 Å². The summed E-state index contributed by atoms with van der Waals surface area (Å²) in [5.41, 5.74) is 1.31. The van der Waals surface area contributed by atoms with E-state index in [0.717, 1.165) is 0 Å². The molecule has 0 bridgehead atoms. The fourth-order valence-corrected chi connectivity index (χ4v) is 3.36. The number of halogens is 2. The quantitative estimate of drug-likeness (QED) is 0.313. The normalized spacial score (nSPS) is 10.7. The summed E-state index contributed by atoms with van der Waals surface area (Å²) >= 11 is 3.37. The van der Waals surface area contributed by atoms with Crippen molar-refractivity contribution in [1.29, 1.82) is 5.26 Å². The van der Waals surface area contributed by atoms with Crippen molar-refractivity contribution < 1.29 is 23.5 Å². The molecule has 0 atom stereocenters. The Morgan fingerprint density at radius 3 is 2.47 bits per heavy atom. The molecule has 0 fully saturated rings. The third kappa shape index (κ3) is 6.67. The predicted octanol–water partition coefficient (Wildman–Crippen LogP) is 5.16. The zero-order valence-electron chi connectivity index (χ0n) is 18.0. The lowest BCUT2D eigenvalue weighted by Crippen LogP contribution is -2.20. The molecule has 0 aromatic heterocycles. The Balaban J connectivity index is 1.63. The van der Waals surface area contributed by atoms with Gasteiger partial charge in [0.05, 0.1) is 17.3 Å². The summed E-state index contributed by atoms with van der Waals surface area (Å²) in [6.45, 7) is -0.241. The number of nitrogens with zero attached hydrogens (tertiary/aromatic N) is 1. The molecule has 2 N–H and O–H groups in total. The zero-order chi connectivity index (χ0) is 24.5. The molecule has 3 aromatic rings. The van der Waals surface area contributed by atoms with E-state index in [9.17, 15) is 19.2 Å². The van der Waals surface area contributed by atoms with Crippen molar-refractivity contribution in [3.63, 3.8) is 0 Å². The van der Waals surface area contributed by atoms with Gasteiger partial charge in [-0.3, -0.25) is 9.59 Å². The highest BCUT2D eigenvalue weighted by atomic mass is 79.9. The monoisotopic (exact) mass is 523 g/mol. The molecule has 0 spiro atoms. The third-order valence-corrected chi connectivity index (χ3v) is 5.09. The zero-order valence-corrected chi connectivity index (χ0v) is 19.6. The molecule has 0 saturated carbocycles. The Kier molecular flexibility index (Phi) is 8.37. The van der Waals surface area contributed by atoms with E-state index in [1.54, 1.807) is 42.5 Å². The van der Waals surface area contributed by atoms with Gasteiger partial charge in [-0.2, -0.15) is 5.26 Å². The number of ether oxygens (including phenoxy) is 2. The van der Waals surface area contributed by atoms with E-state index in [2.05, 4.69) is 26.6 Å². The topological polar surface area (TPSA) is 100 Å². The molecule has 0 aliphatic heterocycles. The van der Waals surface area contributed by atoms with E-state index in [0.29, 0.717) is 32.9 Å². The average Bonchev–Trinajstić information content (AvgIpc) is 2.83. The molecule has 0 saturated heterocycles. The van der Waals surface area contributed by atoms with Gasteiger partial charge in [0.1, 0.15) is 29.0 Å². The average molecular weight is 524 g/mol. The maximum atomic E-state index is 13.0. The molecule has 7 nitrogen and oxygen atoms in total. The predicted molar refractivity (Wildman–Crippen MR) is 130 cm³/mol. The van der Waals surface area contributed by atoms with Crippen LogP contribution in [0.1, 0.15) is 5.56 Å². The minimum Gasteiger partial charge on any atom is -0.495 e. The number of methoxy groups -OCH3 is 1. The first-order valence-corrected chi connectivity index (χ1v) is 10.7. The standard InChI is InChI=1S/C25H19BrFN3O4/c1-33-23-5-3-2-4-21(23)30-24(31)15-34-22-11-6-16(13-20(22)26)12-17(14-28)25(32)29-19-9-7-18(27)8-10-19/h2-13H,15H2,1H3,(H,29,32)(H,30,31)/b17-12+. The Morgan fingerprint density at radius 2 is 1.79 bits per heavy atom. The summed E-state index contributed by atoms with van der Waals surface area (Å²) in [6, 6.07) is 19.0. The van der Waals surface area contributed by atoms with E-state index in [4.69, 9.17) is 9.47 Å². The van der Waals surface area contributed by atoms with Gasteiger partial charge in [0, 0.05) is 5.69 Å². The summed E-state index contributed by atoms with van der Waals surface area (Å²) < 4.78 is 24.3. The van der Waals surface area contributed by atoms with Crippen LogP contribution in [0.2, 0.25) is 0 Å². The summed E-state index contributed by atoms with van der Waals surface area (Å²) in [5.74, 6) is -0.492. The van der Waals surface area contributed by atoms with Crippen LogP contribution in [0.5, 0.6) is 11.5 Å². The molecule has 34 heavy (non-hydrogen) atoms. The number of hydrogen-bond donors (Lipinski definition) is 2. The van der Waals surface area contributed by atoms with E-state index in [1.807, 2.05) is 6.07 Å². The molecule has 3 aromatic carbocycles. The van der Waals surface area contributed by atoms with Gasteiger partial charge in [-0.15, -0.1) is 0 Å². The molecule has 2 amide bonds. The van der Waals surface area contributed by atoms with E-state index in [-0.39, 0.29) is 18.1 Å². The Hall–Kier alpha value is -4.16. The number of para-hydroxylation sites is 2. The van der Waals surface area contributed by atoms with Crippen molar-refractivity contribution >= 4 is 45.2 Å². The van der Waals surface area contributed by atoms with Gasteiger partial charge in [-0.1, -0.05) is 18.2 Å². The Bertz CT molecular complexity index is 1270. The number of nitrogens with one attached hydrogen (secondary N) is 2. The second-order valence-electron chi connectivity index (χ2n) is 6.86. The lowest BCUT2D eigenvalue weighted by molar-refractivity contribution is -0.118. The van der Waals surface area contributed by atoms with Crippen LogP contribution in [0, 0.1) is 17.1 Å². The number of carbonyl (C=O) groups excluding carboxylic acids is 2. The van der Waals surface area contributed by atoms with E-state index >= 15 is 0 Å². The lowest BCUT2D eigenvalue weighted by Gasteiger charge is -2.11. The summed E-state index contributed by atoms with van der Waals surface area (Å²) in [5, 5.41) is 14.6. The van der Waals surface area contributed by atoms with Crippen LogP contribution in [0.4, 0.5) is 15.8 Å². The SMILES string of the molecule is COc1ccccc1NC(=O)COc1ccc(/C=C(\C#N)C(=O)Nc2ccc(F)cc2)cc1Br. The first-order valence-electron chi connectivity index (χ1n) is 9.93. The van der Waals surface area contributed by atoms with Gasteiger partial charge in [-0.25, -0.2) is 4.39 Å². The van der Waals surface area contributed by atoms with Gasteiger partial charge in [0.15, 0.2) is 6.61 Å². The molecule has 0 aliphatic carbocycles. The Labute approximate surface area is 203 Å². The largest absolute Gasteiger partial charge is 0.495 e. The smallest absolute Gasteiger partial charge is 0.266 e. The Morgan fingerprint density at radius 1 is 1.06 bits per heavy atom. The minimum absolute atomic E-state index is 0.138. The first kappa shape index (κ1) is 24.5. The third-order valence-electron chi connectivity index (χ3n) is 4.47. The molecule has 172 valence electrons. The summed E-state index contributed by atoms with van der Waals surface area (Å²) in [4.78, 5) is 24.6. The summed E-state index contributed by atoms with van der Waals surface area (Å²) in [7, 11) is 1.51. The van der Waals surface area contributed by atoms with Crippen LogP contribution >= 0.6 is 15.9 Å². The van der Waals surface area contributed by atoms with Crippen molar-refractivity contribution in [2.75, 3.05) is 24.4 Å². The number of amides is 2. The van der Waals surface area contributed by atoms with Gasteiger partial charge in [0.2, 0.25) is 0 Å². The fraction of sp³-hybridized carbons (Fsp3) is 0.0800. The first-order chi connectivity index (χ1) is 16.4. The highest BCUT2D eigenvalue weighted by molar-refractivity contribution is 9.10. The molecule has 9 heteroatoms. The fourth-order valence-electron chi connectivity index (χ4n) is 2.85. The van der Waals surface area contributed by atoms with Gasteiger partial charge in [-0.05, 0) is 76.1 Å². The van der Waals surface area contributed by atoms with Crippen molar-refractivity contribution in [2.24, 2.45) is 0 Å². The number of rotatable bonds is 8. The van der Waals surface area contributed by atoms with Crippen LogP contribution in [0.3, 0.4) is 0 Å². The lowest BCUT2D eigenvalue weighted by atomic mass is 10.1. The second-order valence-corrected chi connectivity index (χ2v) is 7.71. The van der Waals surface area contributed by atoms with E-state index in [1.165, 1.54) is 37.5 Å².